The van der Waals surface area contributed by atoms with Crippen molar-refractivity contribution in [2.75, 3.05) is 28.4 Å². The van der Waals surface area contributed by atoms with E-state index in [1.165, 1.54) is 33.1 Å². The molecule has 0 bridgehead atoms. The number of methoxy groups -OCH3 is 4. The highest BCUT2D eigenvalue weighted by atomic mass is 19.4. The largest absolute Gasteiger partial charge is 0.493 e. The Bertz CT molecular complexity index is 1780. The van der Waals surface area contributed by atoms with Crippen molar-refractivity contribution in [1.29, 1.82) is 0 Å². The van der Waals surface area contributed by atoms with E-state index in [1.54, 1.807) is 48.5 Å². The van der Waals surface area contributed by atoms with Crippen molar-refractivity contribution in [3.63, 3.8) is 0 Å². The van der Waals surface area contributed by atoms with Crippen LogP contribution in [-0.4, -0.2) is 48.2 Å². The first-order chi connectivity index (χ1) is 20.6. The van der Waals surface area contributed by atoms with Crippen LogP contribution in [0, 0.1) is 13.8 Å². The summed E-state index contributed by atoms with van der Waals surface area (Å²) in [6.45, 7) is 3.73. The predicted octanol–water partition coefficient (Wildman–Crippen LogP) is 7.33. The van der Waals surface area contributed by atoms with Crippen LogP contribution in [0.15, 0.2) is 66.7 Å². The minimum absolute atomic E-state index is 0.108. The molecule has 0 saturated heterocycles. The van der Waals surface area contributed by atoms with Crippen LogP contribution in [-0.2, 0) is 6.18 Å². The molecule has 0 N–H and O–H groups in total. The van der Waals surface area contributed by atoms with E-state index >= 15 is 0 Å². The van der Waals surface area contributed by atoms with Gasteiger partial charge in [0.2, 0.25) is 0 Å². The molecule has 222 valence electrons. The van der Waals surface area contributed by atoms with Crippen LogP contribution in [0.1, 0.15) is 16.8 Å². The van der Waals surface area contributed by atoms with Crippen molar-refractivity contribution in [3.8, 4) is 62.7 Å². The van der Waals surface area contributed by atoms with Gasteiger partial charge in [0.1, 0.15) is 0 Å². The molecule has 0 aliphatic carbocycles. The number of halogens is 3. The molecule has 0 aliphatic heterocycles. The highest BCUT2D eigenvalue weighted by Gasteiger charge is 2.35. The van der Waals surface area contributed by atoms with Crippen LogP contribution >= 0.6 is 0 Å². The maximum absolute atomic E-state index is 14.2. The fourth-order valence-corrected chi connectivity index (χ4v) is 4.77. The molecule has 5 aromatic rings. The number of rotatable bonds is 8. The Morgan fingerprint density at radius 1 is 0.628 bits per heavy atom. The minimum Gasteiger partial charge on any atom is -0.493 e. The smallest absolute Gasteiger partial charge is 0.433 e. The molecule has 3 aromatic carbocycles. The second-order valence-electron chi connectivity index (χ2n) is 9.68. The average Bonchev–Trinajstić information content (AvgIpc) is 3.36. The lowest BCUT2D eigenvalue weighted by atomic mass is 10.0. The zero-order chi connectivity index (χ0) is 30.9. The second-order valence-corrected chi connectivity index (χ2v) is 9.68. The molecule has 11 heteroatoms. The Morgan fingerprint density at radius 3 is 1.72 bits per heavy atom. The van der Waals surface area contributed by atoms with E-state index in [9.17, 15) is 13.2 Å². The highest BCUT2D eigenvalue weighted by Crippen LogP contribution is 2.40. The quantitative estimate of drug-likeness (QED) is 0.187. The van der Waals surface area contributed by atoms with Crippen LogP contribution in [0.25, 0.3) is 39.7 Å². The van der Waals surface area contributed by atoms with Gasteiger partial charge in [0, 0.05) is 22.3 Å². The van der Waals surface area contributed by atoms with Gasteiger partial charge < -0.3 is 18.9 Å². The van der Waals surface area contributed by atoms with E-state index in [-0.39, 0.29) is 11.6 Å². The molecule has 2 heterocycles. The fourth-order valence-electron chi connectivity index (χ4n) is 4.77. The van der Waals surface area contributed by atoms with Gasteiger partial charge in [-0.05, 0) is 56.3 Å². The van der Waals surface area contributed by atoms with Gasteiger partial charge in [-0.15, -0.1) is 0 Å². The zero-order valence-corrected chi connectivity index (χ0v) is 24.4. The summed E-state index contributed by atoms with van der Waals surface area (Å²) in [5.41, 5.74) is 3.38. The number of hydrogen-bond donors (Lipinski definition) is 0. The highest BCUT2D eigenvalue weighted by molar-refractivity contribution is 5.78. The van der Waals surface area contributed by atoms with Crippen molar-refractivity contribution in [1.82, 2.24) is 19.7 Å². The Kier molecular flexibility index (Phi) is 7.99. The Balaban J connectivity index is 1.81. The van der Waals surface area contributed by atoms with Gasteiger partial charge in [-0.1, -0.05) is 29.8 Å². The van der Waals surface area contributed by atoms with Gasteiger partial charge in [0.15, 0.2) is 28.7 Å². The predicted molar refractivity (Wildman–Crippen MR) is 156 cm³/mol. The molecule has 0 unspecified atom stereocenters. The molecule has 0 aliphatic rings. The van der Waals surface area contributed by atoms with Crippen LogP contribution in [0.5, 0.6) is 23.0 Å². The lowest BCUT2D eigenvalue weighted by molar-refractivity contribution is -0.141. The van der Waals surface area contributed by atoms with E-state index in [0.717, 1.165) is 11.6 Å². The maximum Gasteiger partial charge on any atom is 0.433 e. The van der Waals surface area contributed by atoms with E-state index in [0.29, 0.717) is 56.6 Å². The summed E-state index contributed by atoms with van der Waals surface area (Å²) in [4.78, 5) is 8.53. The van der Waals surface area contributed by atoms with Crippen LogP contribution < -0.4 is 18.9 Å². The van der Waals surface area contributed by atoms with Gasteiger partial charge in [-0.25, -0.2) is 9.97 Å². The monoisotopic (exact) mass is 590 g/mol. The van der Waals surface area contributed by atoms with Crippen molar-refractivity contribution < 1.29 is 32.1 Å². The standard InChI is InChI=1S/C32H29F3N4O4/c1-18-7-9-20(10-8-18)23-17-28(32(33,34)35)37-31(36-23)39-30(22-12-14-25(41-4)27(16-22)43-6)19(2)29(38-39)21-11-13-24(40-3)26(15-21)42-5/h7-17H,1-6H3. The molecule has 0 saturated carbocycles. The molecule has 5 rings (SSSR count). The molecule has 0 amide bonds. The third kappa shape index (κ3) is 5.70. The summed E-state index contributed by atoms with van der Waals surface area (Å²) in [6.07, 6.45) is -4.73. The third-order valence-electron chi connectivity index (χ3n) is 6.98. The SMILES string of the molecule is COc1ccc(-c2nn(-c3nc(-c4ccc(C)cc4)cc(C(F)(F)F)n3)c(-c3ccc(OC)c(OC)c3)c2C)cc1OC. The van der Waals surface area contributed by atoms with Crippen LogP contribution in [0.3, 0.4) is 0 Å². The van der Waals surface area contributed by atoms with Gasteiger partial charge >= 0.3 is 6.18 Å². The van der Waals surface area contributed by atoms with Crippen molar-refractivity contribution in [2.24, 2.45) is 0 Å². The molecule has 0 fully saturated rings. The summed E-state index contributed by atoms with van der Waals surface area (Å²) in [6, 6.07) is 18.5. The van der Waals surface area contributed by atoms with Gasteiger partial charge in [0.25, 0.3) is 5.95 Å². The second kappa shape index (κ2) is 11.7. The molecular weight excluding hydrogens is 561 g/mol. The molecule has 8 nitrogen and oxygen atoms in total. The lowest BCUT2D eigenvalue weighted by Gasteiger charge is -2.14. The molecule has 0 atom stereocenters. The normalized spacial score (nSPS) is 11.4. The number of nitrogens with zero attached hydrogens (tertiary/aromatic N) is 4. The molecular formula is C32H29F3N4O4. The third-order valence-corrected chi connectivity index (χ3v) is 6.98. The summed E-state index contributed by atoms with van der Waals surface area (Å²) < 4.78 is 65.6. The Hall–Kier alpha value is -5.06. The number of aromatic nitrogens is 4. The van der Waals surface area contributed by atoms with Gasteiger partial charge in [-0.3, -0.25) is 0 Å². The summed E-state index contributed by atoms with van der Waals surface area (Å²) in [5, 5.41) is 4.78. The maximum atomic E-state index is 14.2. The average molecular weight is 591 g/mol. The fraction of sp³-hybridized carbons (Fsp3) is 0.219. The van der Waals surface area contributed by atoms with E-state index in [4.69, 9.17) is 24.0 Å². The first kappa shape index (κ1) is 29.4. The lowest BCUT2D eigenvalue weighted by Crippen LogP contribution is -2.14. The number of ether oxygens (including phenoxy) is 4. The van der Waals surface area contributed by atoms with Crippen molar-refractivity contribution >= 4 is 0 Å². The zero-order valence-electron chi connectivity index (χ0n) is 24.4. The molecule has 0 radical (unpaired) electrons. The first-order valence-corrected chi connectivity index (χ1v) is 13.2. The Labute approximate surface area is 246 Å². The molecule has 2 aromatic heterocycles. The molecule has 0 spiro atoms. The summed E-state index contributed by atoms with van der Waals surface area (Å²) >= 11 is 0. The van der Waals surface area contributed by atoms with Gasteiger partial charge in [-0.2, -0.15) is 23.0 Å². The molecule has 43 heavy (non-hydrogen) atoms. The number of benzene rings is 3. The van der Waals surface area contributed by atoms with Crippen LogP contribution in [0.2, 0.25) is 0 Å². The van der Waals surface area contributed by atoms with Crippen molar-refractivity contribution in [2.45, 2.75) is 20.0 Å². The number of alkyl halides is 3. The van der Waals surface area contributed by atoms with E-state index in [2.05, 4.69) is 9.97 Å². The van der Waals surface area contributed by atoms with E-state index < -0.39 is 11.9 Å². The summed E-state index contributed by atoms with van der Waals surface area (Å²) in [5.74, 6) is 1.67. The van der Waals surface area contributed by atoms with Crippen LogP contribution in [0.4, 0.5) is 13.2 Å². The minimum atomic E-state index is -4.73. The van der Waals surface area contributed by atoms with Crippen molar-refractivity contribution in [3.05, 3.63) is 83.6 Å². The topological polar surface area (TPSA) is 80.5 Å². The Morgan fingerprint density at radius 2 is 1.16 bits per heavy atom. The summed E-state index contributed by atoms with van der Waals surface area (Å²) in [7, 11) is 6.07. The number of aryl methyl sites for hydroxylation is 1. The van der Waals surface area contributed by atoms with Gasteiger partial charge in [0.05, 0.1) is 45.5 Å². The first-order valence-electron chi connectivity index (χ1n) is 13.2. The van der Waals surface area contributed by atoms with E-state index in [1.807, 2.05) is 26.0 Å². The number of hydrogen-bond acceptors (Lipinski definition) is 7.